The molecule has 0 unspecified atom stereocenters. The quantitative estimate of drug-likeness (QED) is 0.844. The molecule has 2 N–H and O–H groups in total. The second kappa shape index (κ2) is 4.86. The number of hydrogen-bond acceptors (Lipinski definition) is 3. The van der Waals surface area contributed by atoms with Gasteiger partial charge in [-0.05, 0) is 54.8 Å². The van der Waals surface area contributed by atoms with E-state index in [0.29, 0.717) is 5.75 Å². The highest BCUT2D eigenvalue weighted by Gasteiger charge is 2.45. The summed E-state index contributed by atoms with van der Waals surface area (Å²) in [6, 6.07) is 15.9. The largest absolute Gasteiger partial charge is 0.508 e. The molecular formula is C18H19NO2. The molecule has 0 amide bonds. The summed E-state index contributed by atoms with van der Waals surface area (Å²) in [6.45, 7) is 1.99. The lowest BCUT2D eigenvalue weighted by atomic mass is 9.84. The van der Waals surface area contributed by atoms with E-state index in [9.17, 15) is 5.11 Å². The molecule has 0 aliphatic carbocycles. The van der Waals surface area contributed by atoms with Gasteiger partial charge in [-0.3, -0.25) is 0 Å². The van der Waals surface area contributed by atoms with E-state index in [1.54, 1.807) is 12.1 Å². The Bertz CT molecular complexity index is 645. The summed E-state index contributed by atoms with van der Waals surface area (Å²) in [7, 11) is 0. The fourth-order valence-electron chi connectivity index (χ4n) is 3.61. The lowest BCUT2D eigenvalue weighted by Crippen LogP contribution is -2.39. The molecule has 2 aromatic carbocycles. The van der Waals surface area contributed by atoms with Gasteiger partial charge in [0, 0.05) is 0 Å². The van der Waals surface area contributed by atoms with Crippen LogP contribution >= 0.6 is 0 Å². The minimum atomic E-state index is -0.148. The molecule has 1 fully saturated rings. The lowest BCUT2D eigenvalue weighted by Gasteiger charge is -2.34. The van der Waals surface area contributed by atoms with Gasteiger partial charge in [-0.2, -0.15) is 0 Å². The molecule has 2 aromatic rings. The highest BCUT2D eigenvalue weighted by atomic mass is 16.5. The second-order valence-electron chi connectivity index (χ2n) is 5.92. The summed E-state index contributed by atoms with van der Waals surface area (Å²) >= 11 is 0. The number of fused-ring (bicyclic) bond motifs is 2. The number of ether oxygens (including phenoxy) is 1. The monoisotopic (exact) mass is 281 g/mol. The van der Waals surface area contributed by atoms with E-state index < -0.39 is 0 Å². The van der Waals surface area contributed by atoms with Gasteiger partial charge >= 0.3 is 0 Å². The third-order valence-corrected chi connectivity index (χ3v) is 4.68. The zero-order chi connectivity index (χ0) is 14.3. The van der Waals surface area contributed by atoms with Crippen LogP contribution in [0.15, 0.2) is 48.5 Å². The van der Waals surface area contributed by atoms with E-state index in [-0.39, 0.29) is 11.7 Å². The Morgan fingerprint density at radius 1 is 1.00 bits per heavy atom. The number of aromatic hydroxyl groups is 1. The van der Waals surface area contributed by atoms with E-state index in [1.807, 2.05) is 12.1 Å². The molecule has 1 spiro atoms. The van der Waals surface area contributed by atoms with Gasteiger partial charge in [-0.15, -0.1) is 0 Å². The van der Waals surface area contributed by atoms with Crippen LogP contribution in [0.3, 0.4) is 0 Å². The smallest absolute Gasteiger partial charge is 0.115 e. The van der Waals surface area contributed by atoms with Gasteiger partial charge in [0.2, 0.25) is 0 Å². The zero-order valence-corrected chi connectivity index (χ0v) is 11.9. The van der Waals surface area contributed by atoms with Crippen LogP contribution in [0.4, 0.5) is 0 Å². The van der Waals surface area contributed by atoms with Crippen LogP contribution in [0, 0.1) is 0 Å². The van der Waals surface area contributed by atoms with Crippen LogP contribution < -0.4 is 5.32 Å². The van der Waals surface area contributed by atoms with Crippen molar-refractivity contribution >= 4 is 0 Å². The van der Waals surface area contributed by atoms with E-state index in [0.717, 1.165) is 31.5 Å². The fraction of sp³-hybridized carbons (Fsp3) is 0.333. The van der Waals surface area contributed by atoms with Crippen molar-refractivity contribution in [3.63, 3.8) is 0 Å². The summed E-state index contributed by atoms with van der Waals surface area (Å²) < 4.78 is 6.56. The van der Waals surface area contributed by atoms with Crippen LogP contribution in [0.5, 0.6) is 5.75 Å². The molecule has 1 atom stereocenters. The number of rotatable bonds is 1. The van der Waals surface area contributed by atoms with E-state index >= 15 is 0 Å². The summed E-state index contributed by atoms with van der Waals surface area (Å²) in [4.78, 5) is 0. The molecule has 0 aromatic heterocycles. The molecule has 0 saturated carbocycles. The molecule has 108 valence electrons. The third kappa shape index (κ3) is 2.04. The van der Waals surface area contributed by atoms with Crippen molar-refractivity contribution in [3.05, 3.63) is 65.2 Å². The molecule has 3 heteroatoms. The summed E-state index contributed by atoms with van der Waals surface area (Å²) in [5, 5.41) is 12.9. The van der Waals surface area contributed by atoms with Crippen LogP contribution in [0.25, 0.3) is 0 Å². The van der Waals surface area contributed by atoms with Gasteiger partial charge in [0.05, 0.1) is 5.60 Å². The van der Waals surface area contributed by atoms with Crippen LogP contribution in [-0.4, -0.2) is 18.2 Å². The standard InChI is InChI=1S/C18H19NO2/c20-14-7-5-13(6-8-14)17-15-3-1-2-4-16(15)18(21-17)9-11-19-12-10-18/h1-8,17,19-20H,9-12H2/t17-/m0/s1. The molecule has 2 aliphatic rings. The van der Waals surface area contributed by atoms with Gasteiger partial charge in [0.1, 0.15) is 11.9 Å². The van der Waals surface area contributed by atoms with Gasteiger partial charge in [0.25, 0.3) is 0 Å². The average Bonchev–Trinajstić information content (AvgIpc) is 2.84. The van der Waals surface area contributed by atoms with Crippen molar-refractivity contribution in [1.29, 1.82) is 0 Å². The van der Waals surface area contributed by atoms with Gasteiger partial charge < -0.3 is 15.2 Å². The Labute approximate surface area is 124 Å². The normalized spacial score (nSPS) is 23.1. The van der Waals surface area contributed by atoms with Crippen molar-refractivity contribution in [2.75, 3.05) is 13.1 Å². The maximum atomic E-state index is 9.49. The van der Waals surface area contributed by atoms with Crippen LogP contribution in [0.1, 0.15) is 35.6 Å². The molecule has 1 saturated heterocycles. The third-order valence-electron chi connectivity index (χ3n) is 4.68. The van der Waals surface area contributed by atoms with E-state index in [1.165, 1.54) is 11.1 Å². The van der Waals surface area contributed by atoms with Gasteiger partial charge in [-0.25, -0.2) is 0 Å². The minimum absolute atomic E-state index is 0.0279. The van der Waals surface area contributed by atoms with Crippen molar-refractivity contribution < 1.29 is 9.84 Å². The summed E-state index contributed by atoms with van der Waals surface area (Å²) in [5.74, 6) is 0.293. The highest BCUT2D eigenvalue weighted by Crippen LogP contribution is 2.50. The first-order valence-corrected chi connectivity index (χ1v) is 7.55. The van der Waals surface area contributed by atoms with Gasteiger partial charge in [-0.1, -0.05) is 36.4 Å². The van der Waals surface area contributed by atoms with Crippen molar-refractivity contribution in [2.24, 2.45) is 0 Å². The molecule has 0 bridgehead atoms. The summed E-state index contributed by atoms with van der Waals surface area (Å²) in [6.07, 6.45) is 2.00. The Hall–Kier alpha value is -1.84. The molecule has 2 aliphatic heterocycles. The first-order valence-electron chi connectivity index (χ1n) is 7.55. The maximum Gasteiger partial charge on any atom is 0.115 e. The first kappa shape index (κ1) is 12.9. The van der Waals surface area contributed by atoms with E-state index in [4.69, 9.17) is 4.74 Å². The number of phenolic OH excluding ortho intramolecular Hbond substituents is 1. The Balaban J connectivity index is 1.79. The topological polar surface area (TPSA) is 41.5 Å². The average molecular weight is 281 g/mol. The Morgan fingerprint density at radius 3 is 2.48 bits per heavy atom. The molecule has 2 heterocycles. The predicted molar refractivity (Wildman–Crippen MR) is 81.3 cm³/mol. The van der Waals surface area contributed by atoms with Gasteiger partial charge in [0.15, 0.2) is 0 Å². The maximum absolute atomic E-state index is 9.49. The molecule has 21 heavy (non-hydrogen) atoms. The Morgan fingerprint density at radius 2 is 1.71 bits per heavy atom. The second-order valence-corrected chi connectivity index (χ2v) is 5.92. The number of phenols is 1. The SMILES string of the molecule is Oc1ccc([C@@H]2OC3(CCNCC3)c3ccccc32)cc1. The predicted octanol–water partition coefficient (Wildman–Crippen LogP) is 3.09. The Kier molecular flexibility index (Phi) is 2.98. The number of piperidine rings is 1. The molecular weight excluding hydrogens is 262 g/mol. The summed E-state index contributed by atoms with van der Waals surface area (Å²) in [5.41, 5.74) is 3.56. The number of benzene rings is 2. The zero-order valence-electron chi connectivity index (χ0n) is 11.9. The first-order chi connectivity index (χ1) is 10.3. The highest BCUT2D eigenvalue weighted by molar-refractivity contribution is 5.44. The molecule has 3 nitrogen and oxygen atoms in total. The fourth-order valence-corrected chi connectivity index (χ4v) is 3.61. The van der Waals surface area contributed by atoms with Crippen molar-refractivity contribution in [3.8, 4) is 5.75 Å². The minimum Gasteiger partial charge on any atom is -0.508 e. The van der Waals surface area contributed by atoms with E-state index in [2.05, 4.69) is 29.6 Å². The number of nitrogens with one attached hydrogen (secondary N) is 1. The van der Waals surface area contributed by atoms with Crippen molar-refractivity contribution in [1.82, 2.24) is 5.32 Å². The number of hydrogen-bond donors (Lipinski definition) is 2. The molecule has 0 radical (unpaired) electrons. The van der Waals surface area contributed by atoms with Crippen LogP contribution in [0.2, 0.25) is 0 Å². The lowest BCUT2D eigenvalue weighted by molar-refractivity contribution is -0.0798. The molecule has 4 rings (SSSR count). The van der Waals surface area contributed by atoms with Crippen molar-refractivity contribution in [2.45, 2.75) is 24.5 Å². The van der Waals surface area contributed by atoms with Crippen LogP contribution in [-0.2, 0) is 10.3 Å².